The molecule has 0 saturated heterocycles. The Morgan fingerprint density at radius 1 is 1.21 bits per heavy atom. The number of anilines is 1. The Bertz CT molecular complexity index is 1050. The second-order valence-electron chi connectivity index (χ2n) is 7.50. The van der Waals surface area contributed by atoms with Gasteiger partial charge in [-0.2, -0.15) is 0 Å². The van der Waals surface area contributed by atoms with Crippen molar-refractivity contribution in [2.24, 2.45) is 0 Å². The second kappa shape index (κ2) is 7.95. The lowest BCUT2D eigenvalue weighted by Crippen LogP contribution is -2.35. The van der Waals surface area contributed by atoms with Crippen molar-refractivity contribution in [1.82, 2.24) is 10.3 Å². The lowest BCUT2D eigenvalue weighted by Gasteiger charge is -2.34. The van der Waals surface area contributed by atoms with E-state index in [0.717, 1.165) is 39.8 Å². The van der Waals surface area contributed by atoms with Crippen molar-refractivity contribution < 1.29 is 9.59 Å². The Morgan fingerprint density at radius 2 is 2.03 bits per heavy atom. The molecule has 2 aliphatic rings. The van der Waals surface area contributed by atoms with E-state index < -0.39 is 5.92 Å². The van der Waals surface area contributed by atoms with Crippen molar-refractivity contribution in [2.45, 2.75) is 39.0 Å². The number of hydrogen-bond donors (Lipinski definition) is 2. The summed E-state index contributed by atoms with van der Waals surface area (Å²) >= 11 is 3.52. The third-order valence-corrected chi connectivity index (χ3v) is 5.85. The summed E-state index contributed by atoms with van der Waals surface area (Å²) in [6, 6.07) is 11.5. The Balaban J connectivity index is 1.78. The smallest absolute Gasteiger partial charge is 0.255 e. The van der Waals surface area contributed by atoms with Gasteiger partial charge >= 0.3 is 0 Å². The van der Waals surface area contributed by atoms with E-state index in [1.54, 1.807) is 12.3 Å². The Morgan fingerprint density at radius 3 is 2.76 bits per heavy atom. The van der Waals surface area contributed by atoms with Crippen molar-refractivity contribution in [3.8, 4) is 0 Å². The van der Waals surface area contributed by atoms with Crippen LogP contribution in [0.15, 0.2) is 69.6 Å². The van der Waals surface area contributed by atoms with E-state index in [2.05, 4.69) is 31.5 Å². The molecule has 0 spiro atoms. The van der Waals surface area contributed by atoms with Crippen LogP contribution in [0.5, 0.6) is 0 Å². The SMILES string of the molecule is CC1=C(C(=O)Nc2ccc(C)cn2)[C@@H](c2cccc(Br)c2)C2=C(CCCC2=O)N1. The van der Waals surface area contributed by atoms with E-state index >= 15 is 0 Å². The summed E-state index contributed by atoms with van der Waals surface area (Å²) < 4.78 is 0.913. The molecule has 29 heavy (non-hydrogen) atoms. The number of carbonyl (C=O) groups is 2. The van der Waals surface area contributed by atoms with Gasteiger partial charge in [0, 0.05) is 45.5 Å². The van der Waals surface area contributed by atoms with Crippen LogP contribution < -0.4 is 10.6 Å². The highest BCUT2D eigenvalue weighted by molar-refractivity contribution is 9.10. The molecule has 5 nitrogen and oxygen atoms in total. The van der Waals surface area contributed by atoms with Crippen LogP contribution in [0.4, 0.5) is 5.82 Å². The Labute approximate surface area is 178 Å². The summed E-state index contributed by atoms with van der Waals surface area (Å²) in [5, 5.41) is 6.23. The highest BCUT2D eigenvalue weighted by Crippen LogP contribution is 2.42. The summed E-state index contributed by atoms with van der Waals surface area (Å²) in [4.78, 5) is 30.5. The fourth-order valence-electron chi connectivity index (χ4n) is 4.03. The van der Waals surface area contributed by atoms with Crippen LogP contribution in [0.1, 0.15) is 43.2 Å². The number of dihydropyridines is 1. The molecule has 1 aliphatic heterocycles. The molecule has 0 radical (unpaired) electrons. The predicted molar refractivity (Wildman–Crippen MR) is 116 cm³/mol. The van der Waals surface area contributed by atoms with Gasteiger partial charge in [0.05, 0.1) is 0 Å². The van der Waals surface area contributed by atoms with Gasteiger partial charge in [-0.05, 0) is 56.0 Å². The van der Waals surface area contributed by atoms with Crippen molar-refractivity contribution in [3.63, 3.8) is 0 Å². The first-order valence-electron chi connectivity index (χ1n) is 9.67. The summed E-state index contributed by atoms with van der Waals surface area (Å²) in [5.41, 5.74) is 4.92. The average Bonchev–Trinajstić information content (AvgIpc) is 2.69. The molecule has 0 unspecified atom stereocenters. The van der Waals surface area contributed by atoms with Gasteiger partial charge in [0.25, 0.3) is 5.91 Å². The Hall–Kier alpha value is -2.73. The number of allylic oxidation sites excluding steroid dienone is 3. The molecular weight excluding hydrogens is 430 g/mol. The first-order valence-corrected chi connectivity index (χ1v) is 10.5. The van der Waals surface area contributed by atoms with E-state index in [0.29, 0.717) is 23.4 Å². The number of nitrogens with one attached hydrogen (secondary N) is 2. The molecule has 6 heteroatoms. The molecule has 1 aromatic carbocycles. The molecule has 1 amide bonds. The highest BCUT2D eigenvalue weighted by atomic mass is 79.9. The predicted octanol–water partition coefficient (Wildman–Crippen LogP) is 4.76. The van der Waals surface area contributed by atoms with Crippen LogP contribution >= 0.6 is 15.9 Å². The van der Waals surface area contributed by atoms with E-state index in [1.165, 1.54) is 0 Å². The summed E-state index contributed by atoms with van der Waals surface area (Å²) in [7, 11) is 0. The van der Waals surface area contributed by atoms with Crippen molar-refractivity contribution in [3.05, 3.63) is 80.7 Å². The zero-order chi connectivity index (χ0) is 20.5. The minimum Gasteiger partial charge on any atom is -0.362 e. The van der Waals surface area contributed by atoms with Gasteiger partial charge in [0.2, 0.25) is 0 Å². The molecule has 0 fully saturated rings. The number of hydrogen-bond acceptors (Lipinski definition) is 4. The molecule has 1 aliphatic carbocycles. The van der Waals surface area contributed by atoms with Crippen LogP contribution in [0.3, 0.4) is 0 Å². The molecule has 148 valence electrons. The van der Waals surface area contributed by atoms with Crippen LogP contribution in [0, 0.1) is 6.92 Å². The monoisotopic (exact) mass is 451 g/mol. The number of aromatic nitrogens is 1. The molecule has 0 saturated carbocycles. The molecular formula is C23H22BrN3O2. The number of pyridine rings is 1. The Kier molecular flexibility index (Phi) is 5.37. The van der Waals surface area contributed by atoms with Gasteiger partial charge in [0.1, 0.15) is 5.82 Å². The molecule has 2 aromatic rings. The quantitative estimate of drug-likeness (QED) is 0.705. The lowest BCUT2D eigenvalue weighted by atomic mass is 9.75. The lowest BCUT2D eigenvalue weighted by molar-refractivity contribution is -0.116. The number of carbonyl (C=O) groups excluding carboxylic acids is 2. The topological polar surface area (TPSA) is 71.1 Å². The highest BCUT2D eigenvalue weighted by Gasteiger charge is 2.38. The van der Waals surface area contributed by atoms with E-state index in [9.17, 15) is 9.59 Å². The number of Topliss-reactive ketones (excluding diaryl/α,β-unsaturated/α-hetero) is 1. The standard InChI is InChI=1S/C23H22BrN3O2/c1-13-9-10-19(25-12-13)27-23(29)20-14(2)26-17-7-4-8-18(28)22(17)21(20)15-5-3-6-16(24)11-15/h3,5-6,9-12,21,26H,4,7-8H2,1-2H3,(H,25,27,29)/t21-/m1/s1. The van der Waals surface area contributed by atoms with Crippen LogP contribution in [0.2, 0.25) is 0 Å². The van der Waals surface area contributed by atoms with Crippen molar-refractivity contribution in [2.75, 3.05) is 5.32 Å². The first kappa shape index (κ1) is 19.6. The first-order chi connectivity index (χ1) is 13.9. The largest absolute Gasteiger partial charge is 0.362 e. The minimum atomic E-state index is -0.401. The third-order valence-electron chi connectivity index (χ3n) is 5.36. The van der Waals surface area contributed by atoms with E-state index in [-0.39, 0.29) is 11.7 Å². The van der Waals surface area contributed by atoms with Crippen molar-refractivity contribution in [1.29, 1.82) is 0 Å². The summed E-state index contributed by atoms with van der Waals surface area (Å²) in [5.74, 6) is -0.0538. The second-order valence-corrected chi connectivity index (χ2v) is 8.41. The number of nitrogens with zero attached hydrogens (tertiary/aromatic N) is 1. The molecule has 4 rings (SSSR count). The number of halogens is 1. The van der Waals surface area contributed by atoms with Gasteiger partial charge in [-0.15, -0.1) is 0 Å². The molecule has 1 atom stereocenters. The van der Waals surface area contributed by atoms with Crippen LogP contribution in [0.25, 0.3) is 0 Å². The minimum absolute atomic E-state index is 0.106. The van der Waals surface area contributed by atoms with E-state index in [1.807, 2.05) is 44.2 Å². The zero-order valence-corrected chi connectivity index (χ0v) is 18.0. The molecule has 2 heterocycles. The number of aryl methyl sites for hydroxylation is 1. The van der Waals surface area contributed by atoms with Gasteiger partial charge in [0.15, 0.2) is 5.78 Å². The fourth-order valence-corrected chi connectivity index (χ4v) is 4.45. The molecule has 0 bridgehead atoms. The maximum absolute atomic E-state index is 13.3. The number of benzene rings is 1. The van der Waals surface area contributed by atoms with Gasteiger partial charge in [-0.25, -0.2) is 4.98 Å². The fraction of sp³-hybridized carbons (Fsp3) is 0.261. The number of rotatable bonds is 3. The maximum atomic E-state index is 13.3. The zero-order valence-electron chi connectivity index (χ0n) is 16.4. The third kappa shape index (κ3) is 3.90. The van der Waals surface area contributed by atoms with Gasteiger partial charge < -0.3 is 10.6 Å². The summed E-state index contributed by atoms with van der Waals surface area (Å²) in [6.45, 7) is 3.84. The van der Waals surface area contributed by atoms with E-state index in [4.69, 9.17) is 0 Å². The van der Waals surface area contributed by atoms with Crippen LogP contribution in [-0.2, 0) is 9.59 Å². The maximum Gasteiger partial charge on any atom is 0.255 e. The molecule has 1 aromatic heterocycles. The number of ketones is 1. The molecule has 2 N–H and O–H groups in total. The van der Waals surface area contributed by atoms with Gasteiger partial charge in [-0.1, -0.05) is 34.1 Å². The number of amides is 1. The summed E-state index contributed by atoms with van der Waals surface area (Å²) in [6.07, 6.45) is 3.88. The van der Waals surface area contributed by atoms with Crippen LogP contribution in [-0.4, -0.2) is 16.7 Å². The normalized spacial score (nSPS) is 19.0. The van der Waals surface area contributed by atoms with Gasteiger partial charge in [-0.3, -0.25) is 9.59 Å². The average molecular weight is 452 g/mol. The van der Waals surface area contributed by atoms with Crippen molar-refractivity contribution >= 4 is 33.4 Å².